The molecule has 0 radical (unpaired) electrons. The molecule has 0 aliphatic heterocycles. The molecule has 1 atom stereocenters. The van der Waals surface area contributed by atoms with Crippen LogP contribution in [0.5, 0.6) is 5.75 Å². The number of aliphatic hydroxyl groups is 1. The summed E-state index contributed by atoms with van der Waals surface area (Å²) < 4.78 is 20.1. The van der Waals surface area contributed by atoms with Gasteiger partial charge in [0.05, 0.1) is 12.2 Å². The van der Waals surface area contributed by atoms with Crippen LogP contribution in [0.25, 0.3) is 0 Å². The van der Waals surface area contributed by atoms with E-state index in [0.717, 1.165) is 15.8 Å². The lowest BCUT2D eigenvalue weighted by Gasteiger charge is -2.14. The van der Waals surface area contributed by atoms with Gasteiger partial charge in [0.25, 0.3) is 0 Å². The van der Waals surface area contributed by atoms with E-state index in [9.17, 15) is 9.50 Å². The van der Waals surface area contributed by atoms with Gasteiger partial charge in [0.15, 0.2) is 0 Å². The van der Waals surface area contributed by atoms with Gasteiger partial charge in [-0.05, 0) is 55.3 Å². The third-order valence-corrected chi connectivity index (χ3v) is 3.55. The second kappa shape index (κ2) is 7.05. The van der Waals surface area contributed by atoms with Crippen molar-refractivity contribution in [3.63, 3.8) is 0 Å². The van der Waals surface area contributed by atoms with E-state index < -0.39 is 6.10 Å². The molecule has 0 bridgehead atoms. The molecule has 0 aliphatic carbocycles. The Hall–Kier alpha value is -1.39. The third kappa shape index (κ3) is 4.55. The third-order valence-electron chi connectivity index (χ3n) is 3.06. The largest absolute Gasteiger partial charge is 0.491 e. The van der Waals surface area contributed by atoms with Gasteiger partial charge < -0.3 is 9.84 Å². The Balaban J connectivity index is 2.09. The Morgan fingerprint density at radius 2 is 1.81 bits per heavy atom. The van der Waals surface area contributed by atoms with Crippen LogP contribution in [-0.4, -0.2) is 11.2 Å². The van der Waals surface area contributed by atoms with Gasteiger partial charge >= 0.3 is 0 Å². The molecule has 0 aromatic heterocycles. The summed E-state index contributed by atoms with van der Waals surface area (Å²) in [5, 5.41) is 10.2. The molecule has 2 rings (SSSR count). The van der Waals surface area contributed by atoms with Crippen LogP contribution in [0.15, 0.2) is 46.9 Å². The lowest BCUT2D eigenvalue weighted by atomic mass is 10.0. The van der Waals surface area contributed by atoms with Gasteiger partial charge in [-0.25, -0.2) is 4.39 Å². The van der Waals surface area contributed by atoms with Crippen LogP contribution in [0.3, 0.4) is 0 Å². The second-order valence-corrected chi connectivity index (χ2v) is 6.11. The van der Waals surface area contributed by atoms with Crippen molar-refractivity contribution in [1.82, 2.24) is 0 Å². The average Bonchev–Trinajstić information content (AvgIpc) is 2.43. The minimum absolute atomic E-state index is 0.108. The zero-order chi connectivity index (χ0) is 15.4. The predicted octanol–water partition coefficient (Wildman–Crippen LogP) is 4.65. The van der Waals surface area contributed by atoms with E-state index >= 15 is 0 Å². The predicted molar refractivity (Wildman–Crippen MR) is 85.0 cm³/mol. The van der Waals surface area contributed by atoms with Crippen molar-refractivity contribution in [1.29, 1.82) is 0 Å². The number of hydrogen-bond donors (Lipinski definition) is 1. The standard InChI is InChI=1S/C17H18BrFO2/c1-11(2)21-15-6-3-12(4-7-15)17(20)10-13-9-14(18)5-8-16(13)19/h3-9,11,17,20H,10H2,1-2H3. The van der Waals surface area contributed by atoms with Crippen molar-refractivity contribution in [2.75, 3.05) is 0 Å². The summed E-state index contributed by atoms with van der Waals surface area (Å²) in [6.07, 6.45) is -0.409. The Bertz CT molecular complexity index is 596. The normalized spacial score (nSPS) is 12.5. The highest BCUT2D eigenvalue weighted by atomic mass is 79.9. The molecule has 2 aromatic carbocycles. The van der Waals surface area contributed by atoms with Crippen LogP contribution in [0.4, 0.5) is 4.39 Å². The van der Waals surface area contributed by atoms with Crippen LogP contribution in [0, 0.1) is 5.82 Å². The van der Waals surface area contributed by atoms with Crippen LogP contribution >= 0.6 is 15.9 Å². The Labute approximate surface area is 132 Å². The van der Waals surface area contributed by atoms with E-state index in [2.05, 4.69) is 15.9 Å². The summed E-state index contributed by atoms with van der Waals surface area (Å²) >= 11 is 3.31. The molecule has 1 unspecified atom stereocenters. The van der Waals surface area contributed by atoms with Gasteiger partial charge in [-0.3, -0.25) is 0 Å². The first-order chi connectivity index (χ1) is 9.95. The van der Waals surface area contributed by atoms with Crippen molar-refractivity contribution < 1.29 is 14.2 Å². The Kier molecular flexibility index (Phi) is 5.37. The zero-order valence-corrected chi connectivity index (χ0v) is 13.6. The minimum Gasteiger partial charge on any atom is -0.491 e. The van der Waals surface area contributed by atoms with Gasteiger partial charge in [0, 0.05) is 10.9 Å². The van der Waals surface area contributed by atoms with Crippen LogP contribution in [0.2, 0.25) is 0 Å². The molecular weight excluding hydrogens is 335 g/mol. The molecule has 0 aliphatic rings. The molecular formula is C17H18BrFO2. The van der Waals surface area contributed by atoms with Crippen LogP contribution < -0.4 is 4.74 Å². The summed E-state index contributed by atoms with van der Waals surface area (Å²) in [7, 11) is 0. The van der Waals surface area contributed by atoms with Crippen molar-refractivity contribution in [2.45, 2.75) is 32.5 Å². The molecule has 1 N–H and O–H groups in total. The number of benzene rings is 2. The van der Waals surface area contributed by atoms with E-state index in [1.54, 1.807) is 24.3 Å². The second-order valence-electron chi connectivity index (χ2n) is 5.19. The molecule has 4 heteroatoms. The van der Waals surface area contributed by atoms with Gasteiger partial charge in [-0.1, -0.05) is 28.1 Å². The number of ether oxygens (including phenoxy) is 1. The smallest absolute Gasteiger partial charge is 0.126 e. The molecule has 0 fully saturated rings. The molecule has 0 heterocycles. The fourth-order valence-corrected chi connectivity index (χ4v) is 2.48. The molecule has 0 saturated carbocycles. The van der Waals surface area contributed by atoms with Crippen molar-refractivity contribution in [2.24, 2.45) is 0 Å². The van der Waals surface area contributed by atoms with Crippen LogP contribution in [0.1, 0.15) is 31.1 Å². The highest BCUT2D eigenvalue weighted by Gasteiger charge is 2.12. The lowest BCUT2D eigenvalue weighted by molar-refractivity contribution is 0.177. The molecule has 0 saturated heterocycles. The SMILES string of the molecule is CC(C)Oc1ccc(C(O)Cc2cc(Br)ccc2F)cc1. The monoisotopic (exact) mass is 352 g/mol. The van der Waals surface area contributed by atoms with Gasteiger partial charge in [0.2, 0.25) is 0 Å². The number of rotatable bonds is 5. The number of halogens is 2. The first-order valence-electron chi connectivity index (χ1n) is 6.84. The lowest BCUT2D eigenvalue weighted by Crippen LogP contribution is -2.06. The van der Waals surface area contributed by atoms with E-state index in [1.807, 2.05) is 26.0 Å². The van der Waals surface area contributed by atoms with E-state index in [0.29, 0.717) is 5.56 Å². The summed E-state index contributed by atoms with van der Waals surface area (Å²) in [6.45, 7) is 3.91. The van der Waals surface area contributed by atoms with E-state index in [1.165, 1.54) is 6.07 Å². The fourth-order valence-electron chi connectivity index (χ4n) is 2.07. The topological polar surface area (TPSA) is 29.5 Å². The maximum absolute atomic E-state index is 13.7. The fraction of sp³-hybridized carbons (Fsp3) is 0.294. The molecule has 0 amide bonds. The molecule has 0 spiro atoms. The summed E-state index contributed by atoms with van der Waals surface area (Å²) in [4.78, 5) is 0. The summed E-state index contributed by atoms with van der Waals surface area (Å²) in [6, 6.07) is 12.0. The average molecular weight is 353 g/mol. The van der Waals surface area contributed by atoms with Gasteiger partial charge in [0.1, 0.15) is 11.6 Å². The Morgan fingerprint density at radius 1 is 1.14 bits per heavy atom. The molecule has 112 valence electrons. The number of aliphatic hydroxyl groups excluding tert-OH is 1. The minimum atomic E-state index is -0.748. The van der Waals surface area contributed by atoms with Crippen molar-refractivity contribution >= 4 is 15.9 Å². The number of hydrogen-bond acceptors (Lipinski definition) is 2. The Morgan fingerprint density at radius 3 is 2.43 bits per heavy atom. The molecule has 2 nitrogen and oxygen atoms in total. The first-order valence-corrected chi connectivity index (χ1v) is 7.63. The summed E-state index contributed by atoms with van der Waals surface area (Å²) in [5.74, 6) is 0.451. The quantitative estimate of drug-likeness (QED) is 0.848. The van der Waals surface area contributed by atoms with Gasteiger partial charge in [-0.2, -0.15) is 0 Å². The maximum Gasteiger partial charge on any atom is 0.126 e. The van der Waals surface area contributed by atoms with Crippen LogP contribution in [-0.2, 0) is 6.42 Å². The highest BCUT2D eigenvalue weighted by Crippen LogP contribution is 2.24. The van der Waals surface area contributed by atoms with Crippen molar-refractivity contribution in [3.05, 3.63) is 63.9 Å². The highest BCUT2D eigenvalue weighted by molar-refractivity contribution is 9.10. The first kappa shape index (κ1) is 16.0. The summed E-state index contributed by atoms with van der Waals surface area (Å²) in [5.41, 5.74) is 1.23. The van der Waals surface area contributed by atoms with E-state index in [4.69, 9.17) is 4.74 Å². The maximum atomic E-state index is 13.7. The molecule has 2 aromatic rings. The van der Waals surface area contributed by atoms with Gasteiger partial charge in [-0.15, -0.1) is 0 Å². The van der Waals surface area contributed by atoms with E-state index in [-0.39, 0.29) is 18.3 Å². The zero-order valence-electron chi connectivity index (χ0n) is 12.0. The molecule has 21 heavy (non-hydrogen) atoms. The van der Waals surface area contributed by atoms with Crippen molar-refractivity contribution in [3.8, 4) is 5.75 Å².